The minimum absolute atomic E-state index is 0.149. The van der Waals surface area contributed by atoms with E-state index in [0.29, 0.717) is 4.90 Å². The molecule has 33 heavy (non-hydrogen) atoms. The Balaban J connectivity index is 2.26. The summed E-state index contributed by atoms with van der Waals surface area (Å²) in [6.45, 7) is 4.85. The maximum absolute atomic E-state index is 12.9. The summed E-state index contributed by atoms with van der Waals surface area (Å²) in [5.41, 5.74) is -0.864. The van der Waals surface area contributed by atoms with Gasteiger partial charge in [-0.3, -0.25) is 28.9 Å². The van der Waals surface area contributed by atoms with Gasteiger partial charge in [0, 0.05) is 38.1 Å². The molecule has 2 aliphatic heterocycles. The Morgan fingerprint density at radius 1 is 0.970 bits per heavy atom. The number of rotatable bonds is 9. The number of alkyl carbamates (subject to hydrolysis) is 1. The SMILES string of the molecule is CC(C)(C)OC(=O)NC(CCC(=O)O)CC(C(=O)ON1C(=O)CCC1=O)N1C(=O)CCC1=O. The van der Waals surface area contributed by atoms with Gasteiger partial charge in [-0.1, -0.05) is 0 Å². The summed E-state index contributed by atoms with van der Waals surface area (Å²) in [4.78, 5) is 90.0. The maximum atomic E-state index is 12.9. The number of likely N-dealkylation sites (tertiary alicyclic amines) is 1. The second kappa shape index (κ2) is 10.4. The maximum Gasteiger partial charge on any atom is 0.407 e. The van der Waals surface area contributed by atoms with Gasteiger partial charge in [-0.25, -0.2) is 9.59 Å². The quantitative estimate of drug-likeness (QED) is 0.445. The summed E-state index contributed by atoms with van der Waals surface area (Å²) in [6.07, 6.45) is -2.46. The number of hydrogen-bond donors (Lipinski definition) is 2. The number of carboxylic acid groups (broad SMARTS) is 1. The van der Waals surface area contributed by atoms with Gasteiger partial charge >= 0.3 is 18.0 Å². The molecule has 0 saturated carbocycles. The second-order valence-corrected chi connectivity index (χ2v) is 8.68. The van der Waals surface area contributed by atoms with Gasteiger partial charge in [-0.2, -0.15) is 0 Å². The fraction of sp³-hybridized carbons (Fsp3) is 0.650. The van der Waals surface area contributed by atoms with E-state index in [1.165, 1.54) is 0 Å². The molecule has 0 aromatic carbocycles. The van der Waals surface area contributed by atoms with Gasteiger partial charge in [0.1, 0.15) is 11.6 Å². The minimum Gasteiger partial charge on any atom is -0.481 e. The Kier molecular flexibility index (Phi) is 8.12. The summed E-state index contributed by atoms with van der Waals surface area (Å²) >= 11 is 0. The van der Waals surface area contributed by atoms with E-state index in [1.54, 1.807) is 20.8 Å². The lowest BCUT2D eigenvalue weighted by molar-refractivity contribution is -0.201. The van der Waals surface area contributed by atoms with Crippen molar-refractivity contribution in [3.05, 3.63) is 0 Å². The molecular formula is C20H27N3O10. The van der Waals surface area contributed by atoms with Crippen molar-refractivity contribution in [2.24, 2.45) is 0 Å². The molecule has 2 saturated heterocycles. The van der Waals surface area contributed by atoms with Crippen molar-refractivity contribution < 1.29 is 48.2 Å². The highest BCUT2D eigenvalue weighted by Gasteiger charge is 2.43. The van der Waals surface area contributed by atoms with Gasteiger partial charge in [0.15, 0.2) is 0 Å². The monoisotopic (exact) mass is 469 g/mol. The van der Waals surface area contributed by atoms with Crippen molar-refractivity contribution in [1.82, 2.24) is 15.3 Å². The molecular weight excluding hydrogens is 442 g/mol. The number of aliphatic carboxylic acids is 1. The van der Waals surface area contributed by atoms with Crippen LogP contribution in [-0.2, 0) is 38.3 Å². The molecule has 2 unspecified atom stereocenters. The molecule has 2 rings (SSSR count). The van der Waals surface area contributed by atoms with Crippen LogP contribution >= 0.6 is 0 Å². The average Bonchev–Trinajstić information content (AvgIpc) is 3.18. The van der Waals surface area contributed by atoms with Gasteiger partial charge < -0.3 is 20.0 Å². The van der Waals surface area contributed by atoms with Crippen molar-refractivity contribution >= 4 is 41.7 Å². The summed E-state index contributed by atoms with van der Waals surface area (Å²) in [5.74, 6) is -5.24. The van der Waals surface area contributed by atoms with Crippen molar-refractivity contribution in [2.45, 2.75) is 83.4 Å². The molecule has 13 heteroatoms. The van der Waals surface area contributed by atoms with Crippen molar-refractivity contribution in [2.75, 3.05) is 0 Å². The van der Waals surface area contributed by atoms with Crippen molar-refractivity contribution in [3.63, 3.8) is 0 Å². The zero-order chi connectivity index (χ0) is 24.9. The number of hydrogen-bond acceptors (Lipinski definition) is 9. The van der Waals surface area contributed by atoms with Crippen LogP contribution in [0.1, 0.15) is 65.7 Å². The molecule has 0 aromatic heterocycles. The van der Waals surface area contributed by atoms with Crippen LogP contribution in [0.3, 0.4) is 0 Å². The highest BCUT2D eigenvalue weighted by molar-refractivity contribution is 6.06. The predicted molar refractivity (Wildman–Crippen MR) is 107 cm³/mol. The number of carboxylic acids is 1. The van der Waals surface area contributed by atoms with Crippen LogP contribution in [0, 0.1) is 0 Å². The lowest BCUT2D eigenvalue weighted by atomic mass is 10.0. The van der Waals surface area contributed by atoms with E-state index in [4.69, 9.17) is 14.7 Å². The highest BCUT2D eigenvalue weighted by Crippen LogP contribution is 2.23. The zero-order valence-corrected chi connectivity index (χ0v) is 18.6. The third-order valence-electron chi connectivity index (χ3n) is 4.80. The molecule has 2 aliphatic rings. The molecule has 0 bridgehead atoms. The number of carbonyl (C=O) groups excluding carboxylic acids is 6. The third-order valence-corrected chi connectivity index (χ3v) is 4.80. The predicted octanol–water partition coefficient (Wildman–Crippen LogP) is 0.259. The first-order chi connectivity index (χ1) is 15.3. The Hall–Kier alpha value is -3.51. The molecule has 2 atom stereocenters. The van der Waals surface area contributed by atoms with E-state index < -0.39 is 72.2 Å². The Labute approximate surface area is 189 Å². The first-order valence-corrected chi connectivity index (χ1v) is 10.4. The van der Waals surface area contributed by atoms with Crippen LogP contribution in [0.4, 0.5) is 4.79 Å². The van der Waals surface area contributed by atoms with Crippen LogP contribution in [0.25, 0.3) is 0 Å². The van der Waals surface area contributed by atoms with Crippen molar-refractivity contribution in [3.8, 4) is 0 Å². The van der Waals surface area contributed by atoms with Crippen molar-refractivity contribution in [1.29, 1.82) is 0 Å². The molecule has 2 heterocycles. The third kappa shape index (κ3) is 7.26. The molecule has 0 spiro atoms. The smallest absolute Gasteiger partial charge is 0.407 e. The fourth-order valence-corrected chi connectivity index (χ4v) is 3.35. The first-order valence-electron chi connectivity index (χ1n) is 10.4. The number of amides is 5. The van der Waals surface area contributed by atoms with Gasteiger partial charge in [0.05, 0.1) is 0 Å². The molecule has 0 aromatic rings. The van der Waals surface area contributed by atoms with Gasteiger partial charge in [-0.15, -0.1) is 5.06 Å². The first kappa shape index (κ1) is 25.7. The topological polar surface area (TPSA) is 177 Å². The van der Waals surface area contributed by atoms with E-state index in [-0.39, 0.29) is 37.2 Å². The van der Waals surface area contributed by atoms with Crippen LogP contribution in [0.15, 0.2) is 0 Å². The number of nitrogens with one attached hydrogen (secondary N) is 1. The standard InChI is InChI=1S/C20H27N3O10/c1-20(2,3)32-19(31)21-11(4-9-17(28)29)10-12(22-13(24)5-6-14(22)25)18(30)33-23-15(26)7-8-16(23)27/h11-12H,4-10H2,1-3H3,(H,21,31)(H,28,29). The van der Waals surface area contributed by atoms with Gasteiger partial charge in [-0.05, 0) is 33.6 Å². The average molecular weight is 469 g/mol. The van der Waals surface area contributed by atoms with Gasteiger partial charge in [0.25, 0.3) is 11.8 Å². The van der Waals surface area contributed by atoms with E-state index in [1.807, 2.05) is 0 Å². The second-order valence-electron chi connectivity index (χ2n) is 8.68. The number of nitrogens with zero attached hydrogens (tertiary/aromatic N) is 2. The minimum atomic E-state index is -1.59. The number of hydroxylamine groups is 2. The highest BCUT2D eigenvalue weighted by atomic mass is 16.7. The van der Waals surface area contributed by atoms with Crippen LogP contribution in [0.2, 0.25) is 0 Å². The number of carbonyl (C=O) groups is 7. The zero-order valence-electron chi connectivity index (χ0n) is 18.6. The van der Waals surface area contributed by atoms with E-state index in [0.717, 1.165) is 0 Å². The largest absolute Gasteiger partial charge is 0.481 e. The fourth-order valence-electron chi connectivity index (χ4n) is 3.35. The molecule has 2 N–H and O–H groups in total. The van der Waals surface area contributed by atoms with Crippen LogP contribution < -0.4 is 5.32 Å². The summed E-state index contributed by atoms with van der Waals surface area (Å²) in [6, 6.07) is -2.61. The molecule has 5 amide bonds. The van der Waals surface area contributed by atoms with E-state index >= 15 is 0 Å². The molecule has 0 radical (unpaired) electrons. The van der Waals surface area contributed by atoms with Crippen LogP contribution in [-0.4, -0.2) is 74.4 Å². The lowest BCUT2D eigenvalue weighted by Crippen LogP contribution is -2.51. The van der Waals surface area contributed by atoms with E-state index in [9.17, 15) is 33.6 Å². The molecule has 182 valence electrons. The lowest BCUT2D eigenvalue weighted by Gasteiger charge is -2.30. The molecule has 0 aliphatic carbocycles. The number of ether oxygens (including phenoxy) is 1. The summed E-state index contributed by atoms with van der Waals surface area (Å²) in [7, 11) is 0. The van der Waals surface area contributed by atoms with Gasteiger partial charge in [0.2, 0.25) is 11.8 Å². The number of imide groups is 2. The Bertz CT molecular complexity index is 831. The van der Waals surface area contributed by atoms with Crippen LogP contribution in [0.5, 0.6) is 0 Å². The normalized spacial score (nSPS) is 18.4. The molecule has 13 nitrogen and oxygen atoms in total. The van der Waals surface area contributed by atoms with E-state index in [2.05, 4.69) is 5.32 Å². The Morgan fingerprint density at radius 3 is 1.97 bits per heavy atom. The summed E-state index contributed by atoms with van der Waals surface area (Å²) in [5, 5.41) is 11.8. The molecule has 2 fully saturated rings. The Morgan fingerprint density at radius 2 is 1.48 bits per heavy atom. The summed E-state index contributed by atoms with van der Waals surface area (Å²) < 4.78 is 5.16.